The molecule has 3 heteroatoms. The summed E-state index contributed by atoms with van der Waals surface area (Å²) in [5, 5.41) is 0. The molecule has 1 aromatic heterocycles. The molecule has 3 nitrogen and oxygen atoms in total. The van der Waals surface area contributed by atoms with Crippen LogP contribution in [0.25, 0.3) is 0 Å². The number of aromatic nitrogens is 1. The van der Waals surface area contributed by atoms with Crippen molar-refractivity contribution in [1.82, 2.24) is 4.98 Å². The molecular weight excluding hydrogens is 188 g/mol. The molecule has 0 saturated heterocycles. The Morgan fingerprint density at radius 2 is 2.13 bits per heavy atom. The van der Waals surface area contributed by atoms with E-state index in [1.165, 1.54) is 0 Å². The lowest BCUT2D eigenvalue weighted by atomic mass is 10.0. The minimum atomic E-state index is 0.193. The van der Waals surface area contributed by atoms with Gasteiger partial charge < -0.3 is 5.73 Å². The molecule has 1 aromatic rings. The van der Waals surface area contributed by atoms with Gasteiger partial charge in [-0.05, 0) is 37.5 Å². The highest BCUT2D eigenvalue weighted by Crippen LogP contribution is 2.04. The first kappa shape index (κ1) is 11.9. The van der Waals surface area contributed by atoms with Crippen LogP contribution in [0.15, 0.2) is 24.5 Å². The fourth-order valence-electron chi connectivity index (χ4n) is 1.44. The summed E-state index contributed by atoms with van der Waals surface area (Å²) < 4.78 is 0. The van der Waals surface area contributed by atoms with Crippen LogP contribution in [0.5, 0.6) is 0 Å². The molecule has 0 amide bonds. The molecule has 1 atom stereocenters. The molecule has 0 bridgehead atoms. The van der Waals surface area contributed by atoms with E-state index in [-0.39, 0.29) is 11.8 Å². The fourth-order valence-corrected chi connectivity index (χ4v) is 1.44. The standard InChI is InChI=1S/C12H18N2O/c1-10(13)3-2-4-12(15)9-11-5-7-14-8-6-11/h5-8,10H,2-4,9,13H2,1H3. The highest BCUT2D eigenvalue weighted by atomic mass is 16.1. The van der Waals surface area contributed by atoms with Gasteiger partial charge in [-0.15, -0.1) is 0 Å². The maximum absolute atomic E-state index is 11.5. The molecule has 2 N–H and O–H groups in total. The van der Waals surface area contributed by atoms with E-state index < -0.39 is 0 Å². The number of ketones is 1. The van der Waals surface area contributed by atoms with Gasteiger partial charge in [0.15, 0.2) is 0 Å². The van der Waals surface area contributed by atoms with Gasteiger partial charge in [0.25, 0.3) is 0 Å². The van der Waals surface area contributed by atoms with E-state index in [1.54, 1.807) is 12.4 Å². The molecule has 82 valence electrons. The van der Waals surface area contributed by atoms with Crippen LogP contribution in [0.4, 0.5) is 0 Å². The lowest BCUT2D eigenvalue weighted by Crippen LogP contribution is -2.15. The van der Waals surface area contributed by atoms with Gasteiger partial charge in [0, 0.05) is 31.3 Å². The van der Waals surface area contributed by atoms with Crippen molar-refractivity contribution in [2.24, 2.45) is 5.73 Å². The molecule has 15 heavy (non-hydrogen) atoms. The Morgan fingerprint density at radius 1 is 1.47 bits per heavy atom. The van der Waals surface area contributed by atoms with E-state index >= 15 is 0 Å². The first-order chi connectivity index (χ1) is 7.18. The lowest BCUT2D eigenvalue weighted by Gasteiger charge is -2.04. The van der Waals surface area contributed by atoms with Crippen LogP contribution in [0.2, 0.25) is 0 Å². The topological polar surface area (TPSA) is 56.0 Å². The number of nitrogens with two attached hydrogens (primary N) is 1. The van der Waals surface area contributed by atoms with Crippen molar-refractivity contribution in [3.05, 3.63) is 30.1 Å². The Hall–Kier alpha value is -1.22. The molecule has 1 heterocycles. The van der Waals surface area contributed by atoms with Gasteiger partial charge in [0.1, 0.15) is 5.78 Å². The minimum Gasteiger partial charge on any atom is -0.328 e. The van der Waals surface area contributed by atoms with Gasteiger partial charge in [-0.2, -0.15) is 0 Å². The van der Waals surface area contributed by atoms with E-state index in [4.69, 9.17) is 5.73 Å². The third-order valence-corrected chi connectivity index (χ3v) is 2.27. The van der Waals surface area contributed by atoms with Crippen molar-refractivity contribution in [1.29, 1.82) is 0 Å². The largest absolute Gasteiger partial charge is 0.328 e. The normalized spacial score (nSPS) is 12.4. The van der Waals surface area contributed by atoms with Gasteiger partial charge in [0.05, 0.1) is 0 Å². The Balaban J connectivity index is 2.25. The molecule has 0 spiro atoms. The highest BCUT2D eigenvalue weighted by Gasteiger charge is 2.04. The number of Topliss-reactive ketones (excluding diaryl/α,β-unsaturated/α-hetero) is 1. The Bertz CT molecular complexity index is 296. The molecule has 1 rings (SSSR count). The molecule has 1 unspecified atom stereocenters. The molecular formula is C12H18N2O. The number of hydrogen-bond acceptors (Lipinski definition) is 3. The second-order valence-electron chi connectivity index (χ2n) is 3.94. The SMILES string of the molecule is CC(N)CCCC(=O)Cc1ccncc1. The summed E-state index contributed by atoms with van der Waals surface area (Å²) in [4.78, 5) is 15.4. The third-order valence-electron chi connectivity index (χ3n) is 2.27. The highest BCUT2D eigenvalue weighted by molar-refractivity contribution is 5.80. The lowest BCUT2D eigenvalue weighted by molar-refractivity contribution is -0.118. The molecule has 0 aliphatic carbocycles. The summed E-state index contributed by atoms with van der Waals surface area (Å²) in [6.45, 7) is 1.97. The van der Waals surface area contributed by atoms with Crippen molar-refractivity contribution in [2.75, 3.05) is 0 Å². The maximum atomic E-state index is 11.5. The molecule has 0 fully saturated rings. The Labute approximate surface area is 90.7 Å². The van der Waals surface area contributed by atoms with Crippen LogP contribution < -0.4 is 5.73 Å². The van der Waals surface area contributed by atoms with Gasteiger partial charge in [0.2, 0.25) is 0 Å². The predicted octanol–water partition coefficient (Wildman–Crippen LogP) is 1.71. The van der Waals surface area contributed by atoms with E-state index in [0.717, 1.165) is 18.4 Å². The average Bonchev–Trinajstić information content (AvgIpc) is 2.18. The van der Waals surface area contributed by atoms with E-state index in [0.29, 0.717) is 12.8 Å². The number of hydrogen-bond donors (Lipinski definition) is 1. The van der Waals surface area contributed by atoms with Crippen LogP contribution in [0, 0.1) is 0 Å². The first-order valence-corrected chi connectivity index (χ1v) is 5.34. The molecule has 0 saturated carbocycles. The molecule has 0 aromatic carbocycles. The second-order valence-corrected chi connectivity index (χ2v) is 3.94. The fraction of sp³-hybridized carbons (Fsp3) is 0.500. The number of carbonyl (C=O) groups is 1. The zero-order chi connectivity index (χ0) is 11.1. The van der Waals surface area contributed by atoms with Crippen LogP contribution in [-0.2, 0) is 11.2 Å². The summed E-state index contributed by atoms with van der Waals surface area (Å²) in [6, 6.07) is 3.95. The summed E-state index contributed by atoms with van der Waals surface area (Å²) in [7, 11) is 0. The van der Waals surface area contributed by atoms with Crippen molar-refractivity contribution in [3.63, 3.8) is 0 Å². The van der Waals surface area contributed by atoms with Crippen molar-refractivity contribution < 1.29 is 4.79 Å². The van der Waals surface area contributed by atoms with Crippen LogP contribution >= 0.6 is 0 Å². The van der Waals surface area contributed by atoms with E-state index in [9.17, 15) is 4.79 Å². The van der Waals surface area contributed by atoms with Crippen molar-refractivity contribution in [3.8, 4) is 0 Å². The summed E-state index contributed by atoms with van der Waals surface area (Å²) in [5.41, 5.74) is 6.65. The minimum absolute atomic E-state index is 0.193. The van der Waals surface area contributed by atoms with Crippen LogP contribution in [0.3, 0.4) is 0 Å². The summed E-state index contributed by atoms with van der Waals surface area (Å²) >= 11 is 0. The van der Waals surface area contributed by atoms with E-state index in [1.807, 2.05) is 19.1 Å². The van der Waals surface area contributed by atoms with Crippen LogP contribution in [-0.4, -0.2) is 16.8 Å². The van der Waals surface area contributed by atoms with Crippen molar-refractivity contribution >= 4 is 5.78 Å². The van der Waals surface area contributed by atoms with Gasteiger partial charge >= 0.3 is 0 Å². The average molecular weight is 206 g/mol. The number of nitrogens with zero attached hydrogens (tertiary/aromatic N) is 1. The maximum Gasteiger partial charge on any atom is 0.137 e. The second kappa shape index (κ2) is 6.30. The first-order valence-electron chi connectivity index (χ1n) is 5.34. The zero-order valence-electron chi connectivity index (χ0n) is 9.15. The zero-order valence-corrected chi connectivity index (χ0v) is 9.15. The van der Waals surface area contributed by atoms with Crippen molar-refractivity contribution in [2.45, 2.75) is 38.6 Å². The third kappa shape index (κ3) is 5.27. The van der Waals surface area contributed by atoms with E-state index in [2.05, 4.69) is 4.98 Å². The number of carbonyl (C=O) groups excluding carboxylic acids is 1. The quantitative estimate of drug-likeness (QED) is 0.771. The van der Waals surface area contributed by atoms with Gasteiger partial charge in [-0.3, -0.25) is 9.78 Å². The summed E-state index contributed by atoms with van der Waals surface area (Å²) in [6.07, 6.45) is 6.38. The monoisotopic (exact) mass is 206 g/mol. The molecule has 0 radical (unpaired) electrons. The number of rotatable bonds is 6. The molecule has 0 aliphatic rings. The van der Waals surface area contributed by atoms with Crippen LogP contribution in [0.1, 0.15) is 31.7 Å². The Kier molecular flexibility index (Phi) is 4.98. The van der Waals surface area contributed by atoms with Gasteiger partial charge in [-0.25, -0.2) is 0 Å². The number of pyridine rings is 1. The Morgan fingerprint density at radius 3 is 2.73 bits per heavy atom. The smallest absolute Gasteiger partial charge is 0.137 e. The molecule has 0 aliphatic heterocycles. The van der Waals surface area contributed by atoms with Gasteiger partial charge in [-0.1, -0.05) is 0 Å². The summed E-state index contributed by atoms with van der Waals surface area (Å²) in [5.74, 6) is 0.279. The predicted molar refractivity (Wildman–Crippen MR) is 60.4 cm³/mol.